The summed E-state index contributed by atoms with van der Waals surface area (Å²) in [5.74, 6) is -0.0739. The molecule has 1 N–H and O–H groups in total. The number of carbonyl (C=O) groups excluding carboxylic acids is 3. The van der Waals surface area contributed by atoms with E-state index in [0.717, 1.165) is 0 Å². The molecule has 0 aromatic heterocycles. The van der Waals surface area contributed by atoms with Crippen molar-refractivity contribution in [3.05, 3.63) is 30.3 Å². The van der Waals surface area contributed by atoms with E-state index in [-0.39, 0.29) is 11.9 Å². The second-order valence-corrected chi connectivity index (χ2v) is 4.15. The monoisotopic (exact) mass is 326 g/mol. The third-order valence-electron chi connectivity index (χ3n) is 2.38. The zero-order chi connectivity index (χ0) is 17.9. The Morgan fingerprint density at radius 2 is 1.30 bits per heavy atom. The zero-order valence-corrected chi connectivity index (χ0v) is 13.8. The molecule has 0 fully saturated rings. The van der Waals surface area contributed by atoms with Gasteiger partial charge in [0.1, 0.15) is 12.5 Å². The third-order valence-corrected chi connectivity index (χ3v) is 2.38. The van der Waals surface area contributed by atoms with E-state index in [4.69, 9.17) is 19.4 Å². The van der Waals surface area contributed by atoms with Gasteiger partial charge in [-0.05, 0) is 38.8 Å². The summed E-state index contributed by atoms with van der Waals surface area (Å²) in [6.07, 6.45) is 2.12. The molecule has 0 amide bonds. The summed E-state index contributed by atoms with van der Waals surface area (Å²) in [6.45, 7) is 6.38. The van der Waals surface area contributed by atoms with Crippen molar-refractivity contribution in [2.45, 2.75) is 39.5 Å². The van der Waals surface area contributed by atoms with Crippen molar-refractivity contribution in [3.8, 4) is 5.75 Å². The fourth-order valence-corrected chi connectivity index (χ4v) is 1.43. The Morgan fingerprint density at radius 3 is 1.57 bits per heavy atom. The van der Waals surface area contributed by atoms with Gasteiger partial charge in [0.2, 0.25) is 0 Å². The lowest BCUT2D eigenvalue weighted by atomic mass is 10.2. The molecule has 0 aliphatic heterocycles. The summed E-state index contributed by atoms with van der Waals surface area (Å²) in [6, 6.07) is 8.71. The summed E-state index contributed by atoms with van der Waals surface area (Å²) in [5.41, 5.74) is 0. The molecule has 0 atom stereocenters. The number of carbonyl (C=O) groups is 3. The molecule has 0 unspecified atom stereocenters. The van der Waals surface area contributed by atoms with Crippen molar-refractivity contribution < 1.29 is 29.0 Å². The quantitative estimate of drug-likeness (QED) is 0.612. The molecule has 6 nitrogen and oxygen atoms in total. The molecular formula is C17H26O6. The van der Waals surface area contributed by atoms with E-state index in [1.807, 2.05) is 12.9 Å². The van der Waals surface area contributed by atoms with Crippen LogP contribution in [0.4, 0.5) is 0 Å². The van der Waals surface area contributed by atoms with Crippen LogP contribution < -0.4 is 0 Å². The second kappa shape index (κ2) is 17.7. The van der Waals surface area contributed by atoms with Crippen LogP contribution in [0.2, 0.25) is 0 Å². The van der Waals surface area contributed by atoms with Crippen LogP contribution in [0.25, 0.3) is 0 Å². The van der Waals surface area contributed by atoms with Crippen molar-refractivity contribution in [1.82, 2.24) is 0 Å². The standard InChI is InChI=1S/C10H18O4.C6H6O.CH2O/c1-3-13-9(11)7-5-6-8-10(12)14-4-2;7-6-4-2-1-3-5-6;1-2/h3-8H2,1-2H3;1-5,7H;1H2. The average molecular weight is 326 g/mol. The number of ether oxygens (including phenoxy) is 2. The van der Waals surface area contributed by atoms with Gasteiger partial charge in [-0.25, -0.2) is 0 Å². The van der Waals surface area contributed by atoms with Gasteiger partial charge in [-0.1, -0.05) is 18.2 Å². The molecule has 6 heteroatoms. The molecule has 130 valence electrons. The van der Waals surface area contributed by atoms with E-state index in [1.165, 1.54) is 0 Å². The number of hydrogen-bond acceptors (Lipinski definition) is 6. The summed E-state index contributed by atoms with van der Waals surface area (Å²) >= 11 is 0. The van der Waals surface area contributed by atoms with Gasteiger partial charge in [0.15, 0.2) is 0 Å². The van der Waals surface area contributed by atoms with E-state index in [9.17, 15) is 9.59 Å². The summed E-state index contributed by atoms with van der Waals surface area (Å²) < 4.78 is 9.48. The molecule has 0 bridgehead atoms. The van der Waals surface area contributed by atoms with E-state index in [2.05, 4.69) is 0 Å². The number of rotatable bonds is 7. The van der Waals surface area contributed by atoms with E-state index in [0.29, 0.717) is 44.6 Å². The molecule has 0 aliphatic carbocycles. The van der Waals surface area contributed by atoms with Crippen molar-refractivity contribution in [1.29, 1.82) is 0 Å². The molecule has 1 aromatic carbocycles. The highest BCUT2D eigenvalue weighted by Gasteiger charge is 2.04. The first kappa shape index (κ1) is 22.9. The Hall–Kier alpha value is -2.37. The second-order valence-electron chi connectivity index (χ2n) is 4.15. The summed E-state index contributed by atoms with van der Waals surface area (Å²) in [5, 5.41) is 8.63. The van der Waals surface area contributed by atoms with Crippen LogP contribution in [-0.2, 0) is 23.9 Å². The van der Waals surface area contributed by atoms with E-state index < -0.39 is 0 Å². The van der Waals surface area contributed by atoms with Crippen molar-refractivity contribution in [2.75, 3.05) is 13.2 Å². The van der Waals surface area contributed by atoms with Gasteiger partial charge in [-0.3, -0.25) is 9.59 Å². The number of unbranched alkanes of at least 4 members (excludes halogenated alkanes) is 1. The minimum atomic E-state index is -0.198. The maximum atomic E-state index is 10.9. The molecule has 1 aromatic rings. The lowest BCUT2D eigenvalue weighted by Crippen LogP contribution is -2.06. The summed E-state index contributed by atoms with van der Waals surface area (Å²) in [4.78, 5) is 29.8. The number of phenols is 1. The minimum absolute atomic E-state index is 0.198. The zero-order valence-electron chi connectivity index (χ0n) is 13.8. The van der Waals surface area contributed by atoms with Crippen LogP contribution >= 0.6 is 0 Å². The molecule has 0 saturated carbocycles. The van der Waals surface area contributed by atoms with Gasteiger partial charge < -0.3 is 19.4 Å². The van der Waals surface area contributed by atoms with Crippen LogP contribution in [0.5, 0.6) is 5.75 Å². The molecule has 0 aliphatic rings. The highest BCUT2D eigenvalue weighted by atomic mass is 16.5. The number of aromatic hydroxyl groups is 1. The largest absolute Gasteiger partial charge is 0.508 e. The fraction of sp³-hybridized carbons (Fsp3) is 0.471. The molecule has 0 radical (unpaired) electrons. The van der Waals surface area contributed by atoms with Gasteiger partial charge in [0, 0.05) is 12.8 Å². The molecule has 0 saturated heterocycles. The topological polar surface area (TPSA) is 89.9 Å². The SMILES string of the molecule is C=O.CCOC(=O)CCCCC(=O)OCC.Oc1ccccc1. The van der Waals surface area contributed by atoms with Crippen LogP contribution in [0.15, 0.2) is 30.3 Å². The van der Waals surface area contributed by atoms with Crippen LogP contribution in [-0.4, -0.2) is 37.0 Å². The first-order valence-corrected chi connectivity index (χ1v) is 7.44. The van der Waals surface area contributed by atoms with Crippen molar-refractivity contribution in [2.24, 2.45) is 0 Å². The van der Waals surface area contributed by atoms with Crippen LogP contribution in [0.1, 0.15) is 39.5 Å². The summed E-state index contributed by atoms with van der Waals surface area (Å²) in [7, 11) is 0. The smallest absolute Gasteiger partial charge is 0.305 e. The fourth-order valence-electron chi connectivity index (χ4n) is 1.43. The highest BCUT2D eigenvalue weighted by Crippen LogP contribution is 2.03. The third kappa shape index (κ3) is 17.6. The average Bonchev–Trinajstić information content (AvgIpc) is 2.55. The van der Waals surface area contributed by atoms with Crippen LogP contribution in [0.3, 0.4) is 0 Å². The molecule has 1 rings (SSSR count). The normalized spacial score (nSPS) is 8.61. The number of phenolic OH excluding ortho intramolecular Hbond substituents is 1. The minimum Gasteiger partial charge on any atom is -0.508 e. The first-order valence-electron chi connectivity index (χ1n) is 7.44. The maximum Gasteiger partial charge on any atom is 0.305 e. The number of esters is 2. The molecule has 0 spiro atoms. The lowest BCUT2D eigenvalue weighted by Gasteiger charge is -2.02. The molecule has 23 heavy (non-hydrogen) atoms. The Kier molecular flexibility index (Phi) is 17.6. The molecular weight excluding hydrogens is 300 g/mol. The predicted molar refractivity (Wildman–Crippen MR) is 87.0 cm³/mol. The van der Waals surface area contributed by atoms with Crippen LogP contribution in [0, 0.1) is 0 Å². The van der Waals surface area contributed by atoms with Crippen molar-refractivity contribution in [3.63, 3.8) is 0 Å². The lowest BCUT2D eigenvalue weighted by molar-refractivity contribution is -0.145. The Morgan fingerprint density at radius 1 is 0.913 bits per heavy atom. The number of benzene rings is 1. The Labute approximate surface area is 137 Å². The number of para-hydroxylation sites is 1. The number of hydrogen-bond donors (Lipinski definition) is 1. The molecule has 0 heterocycles. The maximum absolute atomic E-state index is 10.9. The van der Waals surface area contributed by atoms with Crippen molar-refractivity contribution >= 4 is 18.7 Å². The van der Waals surface area contributed by atoms with E-state index >= 15 is 0 Å². The van der Waals surface area contributed by atoms with Gasteiger partial charge >= 0.3 is 11.9 Å². The Balaban J connectivity index is 0. The first-order chi connectivity index (χ1) is 11.1. The van der Waals surface area contributed by atoms with E-state index in [1.54, 1.807) is 38.1 Å². The van der Waals surface area contributed by atoms with Gasteiger partial charge in [-0.15, -0.1) is 0 Å². The highest BCUT2D eigenvalue weighted by molar-refractivity contribution is 5.70. The van der Waals surface area contributed by atoms with Gasteiger partial charge in [0.05, 0.1) is 13.2 Å². The van der Waals surface area contributed by atoms with Gasteiger partial charge in [-0.2, -0.15) is 0 Å². The Bertz CT molecular complexity index is 385. The predicted octanol–water partition coefficient (Wildman–Crippen LogP) is 2.88. The van der Waals surface area contributed by atoms with Gasteiger partial charge in [0.25, 0.3) is 0 Å².